The van der Waals surface area contributed by atoms with Gasteiger partial charge in [-0.05, 0) is 25.5 Å². The maximum absolute atomic E-state index is 11.6. The average Bonchev–Trinajstić information content (AvgIpc) is 2.21. The van der Waals surface area contributed by atoms with Gasteiger partial charge in [-0.2, -0.15) is 11.8 Å². The molecular weight excluding hydrogens is 198 g/mol. The molecule has 0 aliphatic rings. The minimum Gasteiger partial charge on any atom is -0.343 e. The van der Waals surface area contributed by atoms with Gasteiger partial charge in [-0.1, -0.05) is 0 Å². The molecule has 14 heavy (non-hydrogen) atoms. The zero-order chi connectivity index (χ0) is 11.0. The number of nitrogens with one attached hydrogen (secondary N) is 1. The number of amides is 1. The zero-order valence-corrected chi connectivity index (χ0v) is 10.1. The van der Waals surface area contributed by atoms with Gasteiger partial charge in [-0.15, -0.1) is 0 Å². The van der Waals surface area contributed by atoms with Gasteiger partial charge < -0.3 is 16.0 Å². The van der Waals surface area contributed by atoms with Gasteiger partial charge in [0.15, 0.2) is 0 Å². The highest BCUT2D eigenvalue weighted by atomic mass is 32.2. The van der Waals surface area contributed by atoms with Gasteiger partial charge in [0.1, 0.15) is 0 Å². The van der Waals surface area contributed by atoms with Crippen molar-refractivity contribution in [1.29, 1.82) is 0 Å². The van der Waals surface area contributed by atoms with E-state index in [-0.39, 0.29) is 11.9 Å². The van der Waals surface area contributed by atoms with Crippen molar-refractivity contribution in [2.45, 2.75) is 12.5 Å². The fourth-order valence-corrected chi connectivity index (χ4v) is 1.53. The van der Waals surface area contributed by atoms with Gasteiger partial charge in [0, 0.05) is 20.1 Å². The number of rotatable bonds is 7. The Bertz CT molecular complexity index is 150. The van der Waals surface area contributed by atoms with E-state index < -0.39 is 0 Å². The van der Waals surface area contributed by atoms with Crippen LogP contribution in [0.4, 0.5) is 0 Å². The highest BCUT2D eigenvalue weighted by Crippen LogP contribution is 2.01. The molecule has 0 saturated heterocycles. The topological polar surface area (TPSA) is 58.4 Å². The molecule has 0 spiro atoms. The fraction of sp³-hybridized carbons (Fsp3) is 0.889. The predicted octanol–water partition coefficient (Wildman–Crippen LogP) is -0.255. The van der Waals surface area contributed by atoms with Crippen molar-refractivity contribution in [2.24, 2.45) is 5.73 Å². The van der Waals surface area contributed by atoms with Gasteiger partial charge in [0.2, 0.25) is 5.91 Å². The molecule has 0 aliphatic carbocycles. The third kappa shape index (κ3) is 5.47. The number of nitrogens with two attached hydrogens (primary N) is 1. The minimum absolute atomic E-state index is 0.0364. The van der Waals surface area contributed by atoms with Crippen molar-refractivity contribution in [3.8, 4) is 0 Å². The molecule has 4 nitrogen and oxygen atoms in total. The van der Waals surface area contributed by atoms with Crippen molar-refractivity contribution in [1.82, 2.24) is 10.2 Å². The van der Waals surface area contributed by atoms with Crippen LogP contribution in [0.3, 0.4) is 0 Å². The van der Waals surface area contributed by atoms with Gasteiger partial charge in [-0.25, -0.2) is 0 Å². The average molecular weight is 219 g/mol. The largest absolute Gasteiger partial charge is 0.343 e. The molecule has 0 unspecified atom stereocenters. The predicted molar refractivity (Wildman–Crippen MR) is 62.5 cm³/mol. The molecule has 0 aromatic carbocycles. The second kappa shape index (κ2) is 8.08. The van der Waals surface area contributed by atoms with Crippen LogP contribution in [0.2, 0.25) is 0 Å². The van der Waals surface area contributed by atoms with E-state index in [4.69, 9.17) is 5.73 Å². The van der Waals surface area contributed by atoms with Crippen molar-refractivity contribution in [3.63, 3.8) is 0 Å². The first-order valence-corrected chi connectivity index (χ1v) is 6.17. The molecule has 0 aromatic rings. The Labute approximate surface area is 90.6 Å². The maximum Gasteiger partial charge on any atom is 0.239 e. The van der Waals surface area contributed by atoms with Crippen molar-refractivity contribution in [3.05, 3.63) is 0 Å². The normalized spacial score (nSPS) is 12.6. The number of thioether (sulfide) groups is 1. The minimum atomic E-state index is -0.343. The molecular formula is C9H21N3OS. The summed E-state index contributed by atoms with van der Waals surface area (Å²) in [7, 11) is 3.66. The lowest BCUT2D eigenvalue weighted by Gasteiger charge is -2.20. The zero-order valence-electron chi connectivity index (χ0n) is 9.25. The molecule has 0 fully saturated rings. The lowest BCUT2D eigenvalue weighted by atomic mass is 10.2. The Hall–Kier alpha value is -0.260. The number of carbonyl (C=O) groups is 1. The third-order valence-corrected chi connectivity index (χ3v) is 2.67. The van der Waals surface area contributed by atoms with Crippen LogP contribution >= 0.6 is 11.8 Å². The van der Waals surface area contributed by atoms with E-state index in [9.17, 15) is 4.79 Å². The number of hydrogen-bond donors (Lipinski definition) is 2. The Morgan fingerprint density at radius 2 is 2.29 bits per heavy atom. The van der Waals surface area contributed by atoms with E-state index in [1.54, 1.807) is 23.7 Å². The molecule has 3 N–H and O–H groups in total. The lowest BCUT2D eigenvalue weighted by Crippen LogP contribution is -2.44. The highest BCUT2D eigenvalue weighted by Gasteiger charge is 2.16. The van der Waals surface area contributed by atoms with Crippen LogP contribution < -0.4 is 11.1 Å². The van der Waals surface area contributed by atoms with Gasteiger partial charge >= 0.3 is 0 Å². The summed E-state index contributed by atoms with van der Waals surface area (Å²) < 4.78 is 0. The molecule has 0 radical (unpaired) electrons. The summed E-state index contributed by atoms with van der Waals surface area (Å²) in [6.45, 7) is 1.51. The summed E-state index contributed by atoms with van der Waals surface area (Å²) in [6.07, 6.45) is 2.77. The van der Waals surface area contributed by atoms with Crippen LogP contribution in [0.5, 0.6) is 0 Å². The summed E-state index contributed by atoms with van der Waals surface area (Å²) in [6, 6.07) is -0.343. The van der Waals surface area contributed by atoms with Crippen LogP contribution in [0.1, 0.15) is 6.42 Å². The summed E-state index contributed by atoms with van der Waals surface area (Å²) in [5.41, 5.74) is 5.75. The van der Waals surface area contributed by atoms with E-state index in [0.29, 0.717) is 6.54 Å². The second-order valence-corrected chi connectivity index (χ2v) is 4.24. The monoisotopic (exact) mass is 219 g/mol. The van der Waals surface area contributed by atoms with Gasteiger partial charge in [-0.3, -0.25) is 4.79 Å². The van der Waals surface area contributed by atoms with Crippen LogP contribution in [0.15, 0.2) is 0 Å². The molecule has 0 heterocycles. The Morgan fingerprint density at radius 1 is 1.64 bits per heavy atom. The molecule has 0 aliphatic heterocycles. The molecule has 0 saturated carbocycles. The Balaban J connectivity index is 3.78. The standard InChI is InChI=1S/C9H21N3OS/c1-11-5-6-12(2)9(13)8(10)4-7-14-3/h8,11H,4-7,10H2,1-3H3/t8-/m0/s1. The smallest absolute Gasteiger partial charge is 0.239 e. The number of hydrogen-bond acceptors (Lipinski definition) is 4. The van der Waals surface area contributed by atoms with E-state index in [1.807, 2.05) is 13.3 Å². The van der Waals surface area contributed by atoms with E-state index in [1.165, 1.54) is 0 Å². The fourth-order valence-electron chi connectivity index (χ4n) is 1.04. The van der Waals surface area contributed by atoms with E-state index >= 15 is 0 Å². The molecule has 1 atom stereocenters. The first-order valence-electron chi connectivity index (χ1n) is 4.77. The lowest BCUT2D eigenvalue weighted by molar-refractivity contribution is -0.131. The van der Waals surface area contributed by atoms with Crippen LogP contribution in [-0.4, -0.2) is 56.0 Å². The first kappa shape index (κ1) is 13.7. The van der Waals surface area contributed by atoms with Crippen molar-refractivity contribution in [2.75, 3.05) is 39.2 Å². The van der Waals surface area contributed by atoms with Crippen LogP contribution in [-0.2, 0) is 4.79 Å². The Morgan fingerprint density at radius 3 is 2.79 bits per heavy atom. The molecule has 84 valence electrons. The van der Waals surface area contributed by atoms with Crippen molar-refractivity contribution >= 4 is 17.7 Å². The quantitative estimate of drug-likeness (QED) is 0.620. The molecule has 0 aromatic heterocycles. The van der Waals surface area contributed by atoms with Gasteiger partial charge in [0.05, 0.1) is 6.04 Å². The summed E-state index contributed by atoms with van der Waals surface area (Å²) in [5.74, 6) is 0.974. The first-order chi connectivity index (χ1) is 6.63. The number of nitrogens with zero attached hydrogens (tertiary/aromatic N) is 1. The van der Waals surface area contributed by atoms with E-state index in [0.717, 1.165) is 18.7 Å². The second-order valence-electron chi connectivity index (χ2n) is 3.25. The summed E-state index contributed by atoms with van der Waals surface area (Å²) >= 11 is 1.71. The van der Waals surface area contributed by atoms with Gasteiger partial charge in [0.25, 0.3) is 0 Å². The molecule has 5 heteroatoms. The SMILES string of the molecule is CNCCN(C)C(=O)[C@@H](N)CCSC. The van der Waals surface area contributed by atoms with Crippen LogP contribution in [0.25, 0.3) is 0 Å². The number of carbonyl (C=O) groups excluding carboxylic acids is 1. The maximum atomic E-state index is 11.6. The van der Waals surface area contributed by atoms with E-state index in [2.05, 4.69) is 5.32 Å². The van der Waals surface area contributed by atoms with Crippen molar-refractivity contribution < 1.29 is 4.79 Å². The molecule has 0 bridgehead atoms. The molecule has 1 amide bonds. The van der Waals surface area contributed by atoms with Crippen LogP contribution in [0, 0.1) is 0 Å². The number of likely N-dealkylation sites (N-methyl/N-ethyl adjacent to an activating group) is 2. The third-order valence-electron chi connectivity index (χ3n) is 2.02. The molecule has 0 rings (SSSR count). The summed E-state index contributed by atoms with van der Waals surface area (Å²) in [5, 5.41) is 3.00. The summed E-state index contributed by atoms with van der Waals surface area (Å²) in [4.78, 5) is 13.3. The Kier molecular flexibility index (Phi) is 7.93. The highest BCUT2D eigenvalue weighted by molar-refractivity contribution is 7.98.